The summed E-state index contributed by atoms with van der Waals surface area (Å²) in [7, 11) is 2.12. The number of nitrogens with zero attached hydrogens (tertiary/aromatic N) is 2. The Morgan fingerprint density at radius 2 is 2.28 bits per heavy atom. The molecule has 1 N–H and O–H groups in total. The third kappa shape index (κ3) is 3.92. The molecule has 18 heavy (non-hydrogen) atoms. The zero-order valence-corrected chi connectivity index (χ0v) is 11.7. The maximum Gasteiger partial charge on any atom is 0.244 e. The van der Waals surface area contributed by atoms with E-state index in [1.165, 1.54) is 0 Å². The van der Waals surface area contributed by atoms with Crippen LogP contribution in [0.3, 0.4) is 0 Å². The normalized spacial score (nSPS) is 18.3. The van der Waals surface area contributed by atoms with Crippen molar-refractivity contribution in [2.24, 2.45) is 0 Å². The topological polar surface area (TPSA) is 45.2 Å². The summed E-state index contributed by atoms with van der Waals surface area (Å²) < 4.78 is 0. The number of amides is 1. The van der Waals surface area contributed by atoms with Crippen molar-refractivity contribution in [1.82, 2.24) is 15.2 Å². The van der Waals surface area contributed by atoms with Crippen molar-refractivity contribution >= 4 is 23.3 Å². The van der Waals surface area contributed by atoms with Crippen LogP contribution in [0.2, 0.25) is 0 Å². The zero-order valence-electron chi connectivity index (χ0n) is 10.8. The standard InChI is InChI=1S/C13H19N3OS/c1-10-14-9-12(18-10)3-4-13(17)15-11-5-7-16(2)8-6-11/h3-4,9,11H,5-8H2,1-2H3,(H,15,17)/b4-3-. The van der Waals surface area contributed by atoms with Crippen LogP contribution >= 0.6 is 11.3 Å². The van der Waals surface area contributed by atoms with Crippen LogP contribution in [0.4, 0.5) is 0 Å². The van der Waals surface area contributed by atoms with Gasteiger partial charge in [-0.3, -0.25) is 4.79 Å². The van der Waals surface area contributed by atoms with Crippen molar-refractivity contribution in [3.8, 4) is 0 Å². The monoisotopic (exact) mass is 265 g/mol. The Balaban J connectivity index is 1.80. The van der Waals surface area contributed by atoms with Gasteiger partial charge in [-0.25, -0.2) is 4.98 Å². The van der Waals surface area contributed by atoms with Crippen molar-refractivity contribution in [1.29, 1.82) is 0 Å². The fourth-order valence-electron chi connectivity index (χ4n) is 2.01. The highest BCUT2D eigenvalue weighted by Crippen LogP contribution is 2.13. The van der Waals surface area contributed by atoms with Crippen LogP contribution in [-0.4, -0.2) is 42.0 Å². The average Bonchev–Trinajstić information content (AvgIpc) is 2.76. The fraction of sp³-hybridized carbons (Fsp3) is 0.538. The van der Waals surface area contributed by atoms with Gasteiger partial charge in [0.15, 0.2) is 0 Å². The molecular formula is C13H19N3OS. The van der Waals surface area contributed by atoms with Crippen molar-refractivity contribution in [3.05, 3.63) is 22.2 Å². The third-order valence-electron chi connectivity index (χ3n) is 3.10. The van der Waals surface area contributed by atoms with Crippen molar-refractivity contribution in [2.45, 2.75) is 25.8 Å². The molecule has 98 valence electrons. The SMILES string of the molecule is Cc1ncc(/C=C\C(=O)NC2CCN(C)CC2)s1. The number of carbonyl (C=O) groups excluding carboxylic acids is 1. The molecule has 1 fully saturated rings. The van der Waals surface area contributed by atoms with Crippen LogP contribution in [0.15, 0.2) is 12.3 Å². The average molecular weight is 265 g/mol. The smallest absolute Gasteiger partial charge is 0.244 e. The number of nitrogens with one attached hydrogen (secondary N) is 1. The van der Waals surface area contributed by atoms with Crippen molar-refractivity contribution < 1.29 is 4.79 Å². The van der Waals surface area contributed by atoms with Gasteiger partial charge in [0.2, 0.25) is 5.91 Å². The maximum absolute atomic E-state index is 11.7. The number of piperidine rings is 1. The Morgan fingerprint density at radius 3 is 2.89 bits per heavy atom. The Labute approximate surface area is 112 Å². The van der Waals surface area contributed by atoms with Gasteiger partial charge in [0.1, 0.15) is 0 Å². The van der Waals surface area contributed by atoms with Gasteiger partial charge in [-0.05, 0) is 46.0 Å². The summed E-state index contributed by atoms with van der Waals surface area (Å²) in [6, 6.07) is 0.321. The molecule has 1 aromatic heterocycles. The Bertz CT molecular complexity index is 433. The van der Waals surface area contributed by atoms with E-state index in [4.69, 9.17) is 0 Å². The summed E-state index contributed by atoms with van der Waals surface area (Å²) in [4.78, 5) is 19.2. The number of rotatable bonds is 3. The van der Waals surface area contributed by atoms with Crippen LogP contribution in [-0.2, 0) is 4.79 Å². The number of likely N-dealkylation sites (tertiary alicyclic amines) is 1. The van der Waals surface area contributed by atoms with Crippen LogP contribution in [0.1, 0.15) is 22.7 Å². The van der Waals surface area contributed by atoms with Gasteiger partial charge in [0.25, 0.3) is 0 Å². The van der Waals surface area contributed by atoms with E-state index in [1.807, 2.05) is 13.0 Å². The lowest BCUT2D eigenvalue weighted by atomic mass is 10.1. The minimum absolute atomic E-state index is 0.00407. The summed E-state index contributed by atoms with van der Waals surface area (Å²) in [5.74, 6) is -0.00407. The summed E-state index contributed by atoms with van der Waals surface area (Å²) in [5, 5.41) is 4.07. The highest BCUT2D eigenvalue weighted by Gasteiger charge is 2.17. The van der Waals surface area contributed by atoms with Crippen molar-refractivity contribution in [3.63, 3.8) is 0 Å². The van der Waals surface area contributed by atoms with E-state index in [9.17, 15) is 4.79 Å². The minimum Gasteiger partial charge on any atom is -0.350 e. The van der Waals surface area contributed by atoms with Crippen LogP contribution < -0.4 is 5.32 Å². The summed E-state index contributed by atoms with van der Waals surface area (Å²) >= 11 is 1.59. The molecule has 0 spiro atoms. The lowest BCUT2D eigenvalue weighted by molar-refractivity contribution is -0.117. The molecule has 1 saturated heterocycles. The molecule has 0 saturated carbocycles. The highest BCUT2D eigenvalue weighted by atomic mass is 32.1. The number of aromatic nitrogens is 1. The molecule has 0 radical (unpaired) electrons. The van der Waals surface area contributed by atoms with E-state index in [2.05, 4.69) is 22.2 Å². The van der Waals surface area contributed by atoms with Crippen LogP contribution in [0.25, 0.3) is 6.08 Å². The summed E-state index contributed by atoms with van der Waals surface area (Å²) in [5.41, 5.74) is 0. The number of thiazole rings is 1. The molecular weight excluding hydrogens is 246 g/mol. The van der Waals surface area contributed by atoms with Gasteiger partial charge in [-0.15, -0.1) is 11.3 Å². The van der Waals surface area contributed by atoms with Gasteiger partial charge < -0.3 is 10.2 Å². The zero-order chi connectivity index (χ0) is 13.0. The van der Waals surface area contributed by atoms with E-state index in [1.54, 1.807) is 23.6 Å². The molecule has 2 rings (SSSR count). The molecule has 1 aliphatic rings. The second kappa shape index (κ2) is 6.11. The van der Waals surface area contributed by atoms with Gasteiger partial charge in [-0.2, -0.15) is 0 Å². The first kappa shape index (κ1) is 13.2. The lowest BCUT2D eigenvalue weighted by Crippen LogP contribution is -2.42. The largest absolute Gasteiger partial charge is 0.350 e. The van der Waals surface area contributed by atoms with E-state index in [0.717, 1.165) is 35.8 Å². The first-order chi connectivity index (χ1) is 8.63. The number of hydrogen-bond acceptors (Lipinski definition) is 4. The summed E-state index contributed by atoms with van der Waals surface area (Å²) in [6.45, 7) is 4.08. The van der Waals surface area contributed by atoms with E-state index >= 15 is 0 Å². The lowest BCUT2D eigenvalue weighted by Gasteiger charge is -2.29. The third-order valence-corrected chi connectivity index (χ3v) is 3.98. The predicted octanol–water partition coefficient (Wildman–Crippen LogP) is 1.68. The second-order valence-electron chi connectivity index (χ2n) is 4.70. The van der Waals surface area contributed by atoms with Gasteiger partial charge in [0.05, 0.1) is 5.01 Å². The molecule has 0 bridgehead atoms. The molecule has 1 amide bonds. The Hall–Kier alpha value is -1.20. The molecule has 2 heterocycles. The van der Waals surface area contributed by atoms with Gasteiger partial charge in [-0.1, -0.05) is 0 Å². The minimum atomic E-state index is -0.00407. The second-order valence-corrected chi connectivity index (χ2v) is 5.97. The first-order valence-electron chi connectivity index (χ1n) is 6.23. The van der Waals surface area contributed by atoms with E-state index < -0.39 is 0 Å². The van der Waals surface area contributed by atoms with E-state index in [-0.39, 0.29) is 5.91 Å². The maximum atomic E-state index is 11.7. The molecule has 1 aromatic rings. The van der Waals surface area contributed by atoms with E-state index in [0.29, 0.717) is 6.04 Å². The van der Waals surface area contributed by atoms with Crippen LogP contribution in [0.5, 0.6) is 0 Å². The molecule has 1 aliphatic heterocycles. The molecule has 0 atom stereocenters. The molecule has 0 unspecified atom stereocenters. The van der Waals surface area contributed by atoms with Crippen molar-refractivity contribution in [2.75, 3.05) is 20.1 Å². The fourth-order valence-corrected chi connectivity index (χ4v) is 2.70. The van der Waals surface area contributed by atoms with Gasteiger partial charge >= 0.3 is 0 Å². The predicted molar refractivity (Wildman–Crippen MR) is 74.5 cm³/mol. The first-order valence-corrected chi connectivity index (χ1v) is 7.04. The van der Waals surface area contributed by atoms with Crippen LogP contribution in [0, 0.1) is 6.92 Å². The number of hydrogen-bond donors (Lipinski definition) is 1. The summed E-state index contributed by atoms with van der Waals surface area (Å²) in [6.07, 6.45) is 7.30. The molecule has 5 heteroatoms. The number of aryl methyl sites for hydroxylation is 1. The molecule has 0 aromatic carbocycles. The molecule has 0 aliphatic carbocycles. The van der Waals surface area contributed by atoms with Gasteiger partial charge in [0, 0.05) is 23.2 Å². The highest BCUT2D eigenvalue weighted by molar-refractivity contribution is 7.12. The molecule has 4 nitrogen and oxygen atoms in total. The number of carbonyl (C=O) groups is 1. The quantitative estimate of drug-likeness (QED) is 0.846. The Morgan fingerprint density at radius 1 is 1.56 bits per heavy atom. The Kier molecular flexibility index (Phi) is 4.49.